The van der Waals surface area contributed by atoms with Crippen LogP contribution < -0.4 is 16.0 Å². The Hall–Kier alpha value is -2.04. The lowest BCUT2D eigenvalue weighted by molar-refractivity contribution is 0.411. The molecule has 0 radical (unpaired) electrons. The molecule has 0 aliphatic heterocycles. The minimum absolute atomic E-state index is 0.313. The van der Waals surface area contributed by atoms with E-state index in [1.165, 1.54) is 19.3 Å². The Bertz CT molecular complexity index is 739. The molecule has 1 aliphatic rings. The molecule has 1 heterocycles. The minimum atomic E-state index is -0.481. The maximum atomic E-state index is 12.1. The van der Waals surface area contributed by atoms with Gasteiger partial charge in [-0.1, -0.05) is 19.3 Å². The molecule has 0 atom stereocenters. The molecule has 0 unspecified atom stereocenters. The van der Waals surface area contributed by atoms with Crippen molar-refractivity contribution in [1.82, 2.24) is 9.97 Å². The molecule has 1 fully saturated rings. The lowest BCUT2D eigenvalue weighted by Gasteiger charge is -2.23. The van der Waals surface area contributed by atoms with Gasteiger partial charge < -0.3 is 9.72 Å². The Morgan fingerprint density at radius 1 is 1.10 bits per heavy atom. The average molecular weight is 274 g/mol. The summed E-state index contributed by atoms with van der Waals surface area (Å²) in [6.07, 6.45) is 5.79. The first-order chi connectivity index (χ1) is 9.69. The van der Waals surface area contributed by atoms with Gasteiger partial charge in [0.15, 0.2) is 0 Å². The summed E-state index contributed by atoms with van der Waals surface area (Å²) < 4.78 is 5.30. The zero-order chi connectivity index (χ0) is 14.1. The summed E-state index contributed by atoms with van der Waals surface area (Å²) in [5.74, 6) is 1.05. The van der Waals surface area contributed by atoms with E-state index in [9.17, 15) is 9.59 Å². The van der Waals surface area contributed by atoms with E-state index < -0.39 is 5.69 Å². The van der Waals surface area contributed by atoms with Gasteiger partial charge in [-0.15, -0.1) is 0 Å². The molecular weight excluding hydrogens is 256 g/mol. The number of hydrogen-bond acceptors (Lipinski definition) is 3. The van der Waals surface area contributed by atoms with Crippen molar-refractivity contribution in [3.05, 3.63) is 38.5 Å². The number of hydrogen-bond donors (Lipinski definition) is 2. The Morgan fingerprint density at radius 2 is 1.85 bits per heavy atom. The van der Waals surface area contributed by atoms with Gasteiger partial charge in [-0.05, 0) is 30.4 Å². The molecule has 1 saturated carbocycles. The van der Waals surface area contributed by atoms with Gasteiger partial charge in [0.05, 0.1) is 18.0 Å². The monoisotopic (exact) mass is 274 g/mol. The molecule has 1 aliphatic carbocycles. The van der Waals surface area contributed by atoms with Crippen molar-refractivity contribution in [2.75, 3.05) is 7.11 Å². The Kier molecular flexibility index (Phi) is 3.34. The van der Waals surface area contributed by atoms with Gasteiger partial charge in [-0.25, -0.2) is 4.79 Å². The second kappa shape index (κ2) is 5.15. The molecule has 5 heteroatoms. The zero-order valence-corrected chi connectivity index (χ0v) is 11.5. The van der Waals surface area contributed by atoms with Gasteiger partial charge in [-0.3, -0.25) is 9.78 Å². The van der Waals surface area contributed by atoms with E-state index in [0.717, 1.165) is 18.4 Å². The van der Waals surface area contributed by atoms with Crippen LogP contribution in [0.3, 0.4) is 0 Å². The summed E-state index contributed by atoms with van der Waals surface area (Å²) in [7, 11) is 1.59. The molecule has 20 heavy (non-hydrogen) atoms. The normalized spacial score (nSPS) is 16.4. The largest absolute Gasteiger partial charge is 0.497 e. The van der Waals surface area contributed by atoms with Crippen LogP contribution in [0.15, 0.2) is 21.7 Å². The highest BCUT2D eigenvalue weighted by Gasteiger charge is 2.20. The van der Waals surface area contributed by atoms with Crippen molar-refractivity contribution >= 4 is 10.9 Å². The first-order valence-electron chi connectivity index (χ1n) is 7.03. The third kappa shape index (κ3) is 2.24. The smallest absolute Gasteiger partial charge is 0.326 e. The van der Waals surface area contributed by atoms with Gasteiger partial charge in [0.2, 0.25) is 0 Å². The standard InChI is InChI=1S/C15H18N2O3/c1-20-10-7-11(9-5-3-2-4-6-9)13-12(8-10)16-15(19)17-14(13)18/h7-9H,2-6H2,1H3,(H2,16,17,18,19). The highest BCUT2D eigenvalue weighted by atomic mass is 16.5. The molecule has 1 aromatic heterocycles. The van der Waals surface area contributed by atoms with Crippen molar-refractivity contribution in [3.8, 4) is 5.75 Å². The summed E-state index contributed by atoms with van der Waals surface area (Å²) in [6.45, 7) is 0. The molecule has 3 rings (SSSR count). The number of H-pyrrole nitrogens is 2. The van der Waals surface area contributed by atoms with Crippen molar-refractivity contribution in [2.45, 2.75) is 38.0 Å². The fourth-order valence-corrected chi connectivity index (χ4v) is 3.16. The number of ether oxygens (including phenoxy) is 1. The van der Waals surface area contributed by atoms with Gasteiger partial charge in [-0.2, -0.15) is 0 Å². The number of nitrogens with one attached hydrogen (secondary N) is 2. The summed E-state index contributed by atoms with van der Waals surface area (Å²) in [5.41, 5.74) is 0.757. The number of rotatable bonds is 2. The van der Waals surface area contributed by atoms with E-state index in [-0.39, 0.29) is 5.56 Å². The molecule has 1 aromatic carbocycles. The molecule has 5 nitrogen and oxygen atoms in total. The van der Waals surface area contributed by atoms with E-state index in [4.69, 9.17) is 4.74 Å². The molecule has 0 bridgehead atoms. The van der Waals surface area contributed by atoms with Crippen LogP contribution in [0.2, 0.25) is 0 Å². The molecule has 2 N–H and O–H groups in total. The van der Waals surface area contributed by atoms with Gasteiger partial charge >= 0.3 is 5.69 Å². The second-order valence-corrected chi connectivity index (χ2v) is 5.38. The fourth-order valence-electron chi connectivity index (χ4n) is 3.16. The highest BCUT2D eigenvalue weighted by Crippen LogP contribution is 2.36. The van der Waals surface area contributed by atoms with E-state index >= 15 is 0 Å². The Morgan fingerprint density at radius 3 is 2.55 bits per heavy atom. The Balaban J connectivity index is 2.27. The molecular formula is C15H18N2O3. The number of benzene rings is 1. The minimum Gasteiger partial charge on any atom is -0.497 e. The van der Waals surface area contributed by atoms with E-state index in [1.54, 1.807) is 13.2 Å². The number of aromatic amines is 2. The summed E-state index contributed by atoms with van der Waals surface area (Å²) in [4.78, 5) is 28.6. The van der Waals surface area contributed by atoms with E-state index in [1.807, 2.05) is 6.07 Å². The first kappa shape index (κ1) is 13.0. The molecule has 0 spiro atoms. The second-order valence-electron chi connectivity index (χ2n) is 5.38. The highest BCUT2D eigenvalue weighted by molar-refractivity contribution is 5.83. The number of fused-ring (bicyclic) bond motifs is 1. The lowest BCUT2D eigenvalue weighted by Crippen LogP contribution is -2.23. The molecule has 0 saturated heterocycles. The van der Waals surface area contributed by atoms with E-state index in [0.29, 0.717) is 22.6 Å². The summed E-state index contributed by atoms with van der Waals surface area (Å²) in [6, 6.07) is 3.64. The van der Waals surface area contributed by atoms with Gasteiger partial charge in [0, 0.05) is 6.07 Å². The van der Waals surface area contributed by atoms with E-state index in [2.05, 4.69) is 9.97 Å². The number of aromatic nitrogens is 2. The Labute approximate surface area is 116 Å². The van der Waals surface area contributed by atoms with Crippen molar-refractivity contribution in [2.24, 2.45) is 0 Å². The van der Waals surface area contributed by atoms with Crippen LogP contribution in [-0.2, 0) is 0 Å². The van der Waals surface area contributed by atoms with Crippen LogP contribution in [0.25, 0.3) is 10.9 Å². The van der Waals surface area contributed by atoms with Gasteiger partial charge in [0.25, 0.3) is 5.56 Å². The van der Waals surface area contributed by atoms with Gasteiger partial charge in [0.1, 0.15) is 5.75 Å². The van der Waals surface area contributed by atoms with Crippen LogP contribution in [0.1, 0.15) is 43.6 Å². The van der Waals surface area contributed by atoms with Crippen molar-refractivity contribution in [1.29, 1.82) is 0 Å². The predicted octanol–water partition coefficient (Wildman–Crippen LogP) is 2.27. The van der Waals surface area contributed by atoms with Crippen LogP contribution >= 0.6 is 0 Å². The molecule has 106 valence electrons. The third-order valence-electron chi connectivity index (χ3n) is 4.13. The van der Waals surface area contributed by atoms with Crippen molar-refractivity contribution in [3.63, 3.8) is 0 Å². The lowest BCUT2D eigenvalue weighted by atomic mass is 9.82. The number of methoxy groups -OCH3 is 1. The quantitative estimate of drug-likeness (QED) is 0.882. The van der Waals surface area contributed by atoms with Crippen LogP contribution in [0.4, 0.5) is 0 Å². The SMILES string of the molecule is COc1cc(C2CCCCC2)c2c(=O)[nH]c(=O)[nH]c2c1. The van der Waals surface area contributed by atoms with Crippen LogP contribution in [-0.4, -0.2) is 17.1 Å². The molecule has 2 aromatic rings. The first-order valence-corrected chi connectivity index (χ1v) is 7.03. The topological polar surface area (TPSA) is 75.0 Å². The maximum Gasteiger partial charge on any atom is 0.326 e. The molecule has 0 amide bonds. The maximum absolute atomic E-state index is 12.1. The predicted molar refractivity (Wildman–Crippen MR) is 77.6 cm³/mol. The summed E-state index contributed by atoms with van der Waals surface area (Å²) >= 11 is 0. The van der Waals surface area contributed by atoms with Crippen LogP contribution in [0.5, 0.6) is 5.75 Å². The fraction of sp³-hybridized carbons (Fsp3) is 0.467. The summed E-state index contributed by atoms with van der Waals surface area (Å²) in [5, 5.41) is 0.595. The third-order valence-corrected chi connectivity index (χ3v) is 4.13. The average Bonchev–Trinajstić information content (AvgIpc) is 2.46. The van der Waals surface area contributed by atoms with Crippen LogP contribution in [0, 0.1) is 0 Å². The zero-order valence-electron chi connectivity index (χ0n) is 11.5. The van der Waals surface area contributed by atoms with Crippen molar-refractivity contribution < 1.29 is 4.74 Å².